The Morgan fingerprint density at radius 2 is 1.87 bits per heavy atom. The topological polar surface area (TPSA) is 73.2 Å². The minimum atomic E-state index is -0.372. The summed E-state index contributed by atoms with van der Waals surface area (Å²) in [4.78, 5) is 24.9. The first-order valence-corrected chi connectivity index (χ1v) is 9.30. The Balaban J connectivity index is 1.42. The number of rotatable bonds is 6. The molecule has 0 saturated heterocycles. The van der Waals surface area contributed by atoms with Crippen LogP contribution in [0.15, 0.2) is 83.8 Å². The highest BCUT2D eigenvalue weighted by molar-refractivity contribution is 5.90. The Labute approximate surface area is 171 Å². The predicted octanol–water partition coefficient (Wildman–Crippen LogP) is 3.75. The number of halogens is 1. The van der Waals surface area contributed by atoms with E-state index < -0.39 is 0 Å². The number of amides is 1. The molecule has 0 aliphatic rings. The Morgan fingerprint density at radius 3 is 2.73 bits per heavy atom. The maximum atomic E-state index is 13.2. The Kier molecular flexibility index (Phi) is 5.52. The molecule has 0 fully saturated rings. The van der Waals surface area contributed by atoms with Crippen molar-refractivity contribution in [3.63, 3.8) is 0 Å². The predicted molar refractivity (Wildman–Crippen MR) is 112 cm³/mol. The fourth-order valence-electron chi connectivity index (χ4n) is 3.04. The van der Waals surface area contributed by atoms with Gasteiger partial charge in [0.1, 0.15) is 24.7 Å². The number of hydrogen-bond donors (Lipinski definition) is 1. The smallest absolute Gasteiger partial charge is 0.275 e. The third-order valence-electron chi connectivity index (χ3n) is 4.47. The summed E-state index contributed by atoms with van der Waals surface area (Å²) in [6.45, 7) is 0.0204. The van der Waals surface area contributed by atoms with Gasteiger partial charge in [-0.15, -0.1) is 0 Å². The van der Waals surface area contributed by atoms with Crippen molar-refractivity contribution in [3.05, 3.63) is 101 Å². The summed E-state index contributed by atoms with van der Waals surface area (Å²) in [5, 5.41) is 8.07. The van der Waals surface area contributed by atoms with E-state index in [4.69, 9.17) is 4.74 Å². The molecule has 0 atom stereocenters. The summed E-state index contributed by atoms with van der Waals surface area (Å²) < 4.78 is 19.9. The molecule has 1 heterocycles. The van der Waals surface area contributed by atoms with Gasteiger partial charge in [-0.1, -0.05) is 36.4 Å². The lowest BCUT2D eigenvalue weighted by atomic mass is 10.2. The first kappa shape index (κ1) is 19.3. The molecule has 4 aromatic rings. The average Bonchev–Trinajstić information content (AvgIpc) is 2.75. The zero-order valence-electron chi connectivity index (χ0n) is 15.9. The molecule has 0 radical (unpaired) electrons. The van der Waals surface area contributed by atoms with Crippen LogP contribution in [0.25, 0.3) is 10.8 Å². The molecule has 0 unspecified atom stereocenters. The van der Waals surface area contributed by atoms with E-state index in [9.17, 15) is 14.0 Å². The van der Waals surface area contributed by atoms with Crippen molar-refractivity contribution >= 4 is 22.4 Å². The molecule has 1 N–H and O–H groups in total. The first-order chi connectivity index (χ1) is 14.6. The quantitative estimate of drug-likeness (QED) is 0.532. The lowest BCUT2D eigenvalue weighted by Crippen LogP contribution is -2.29. The van der Waals surface area contributed by atoms with E-state index in [1.54, 1.807) is 54.7 Å². The molecule has 6 nitrogen and oxygen atoms in total. The van der Waals surface area contributed by atoms with Gasteiger partial charge in [0.15, 0.2) is 0 Å². The molecule has 7 heteroatoms. The van der Waals surface area contributed by atoms with Gasteiger partial charge >= 0.3 is 0 Å². The van der Waals surface area contributed by atoms with E-state index in [1.807, 2.05) is 12.1 Å². The summed E-state index contributed by atoms with van der Waals surface area (Å²) in [7, 11) is 0. The molecule has 3 aromatic carbocycles. The number of ether oxygens (including phenoxy) is 1. The fraction of sp³-hybridized carbons (Fsp3) is 0.0870. The molecule has 0 aliphatic carbocycles. The van der Waals surface area contributed by atoms with E-state index >= 15 is 0 Å². The van der Waals surface area contributed by atoms with E-state index in [-0.39, 0.29) is 30.4 Å². The van der Waals surface area contributed by atoms with Crippen molar-refractivity contribution in [2.24, 2.45) is 0 Å². The van der Waals surface area contributed by atoms with Gasteiger partial charge in [0.2, 0.25) is 5.91 Å². The maximum Gasteiger partial charge on any atom is 0.275 e. The number of nitrogens with one attached hydrogen (secondary N) is 1. The van der Waals surface area contributed by atoms with Gasteiger partial charge in [-0.25, -0.2) is 9.07 Å². The first-order valence-electron chi connectivity index (χ1n) is 9.30. The van der Waals surface area contributed by atoms with E-state index in [1.165, 1.54) is 12.1 Å². The van der Waals surface area contributed by atoms with Crippen molar-refractivity contribution in [1.29, 1.82) is 0 Å². The maximum absolute atomic E-state index is 13.2. The minimum Gasteiger partial charge on any atom is -0.489 e. The monoisotopic (exact) mass is 403 g/mol. The van der Waals surface area contributed by atoms with E-state index in [0.29, 0.717) is 16.8 Å². The molecule has 4 rings (SSSR count). The third kappa shape index (κ3) is 4.52. The molecule has 0 spiro atoms. The van der Waals surface area contributed by atoms with Gasteiger partial charge in [0.05, 0.1) is 11.6 Å². The van der Waals surface area contributed by atoms with Gasteiger partial charge in [0, 0.05) is 17.1 Å². The lowest BCUT2D eigenvalue weighted by Gasteiger charge is -2.10. The minimum absolute atomic E-state index is 0.201. The van der Waals surface area contributed by atoms with Gasteiger partial charge in [0.25, 0.3) is 5.56 Å². The van der Waals surface area contributed by atoms with Crippen molar-refractivity contribution in [2.45, 2.75) is 13.2 Å². The van der Waals surface area contributed by atoms with Crippen molar-refractivity contribution in [1.82, 2.24) is 9.78 Å². The molecule has 150 valence electrons. The van der Waals surface area contributed by atoms with Gasteiger partial charge in [-0.3, -0.25) is 9.59 Å². The standard InChI is InChI=1S/C23H18FN3O3/c24-18-7-4-9-20(12-18)30-15-16-5-3-8-19(11-16)26-22(28)14-27-23(29)21-10-2-1-6-17(21)13-25-27/h1-13H,14-15H2,(H,26,28). The molecule has 0 aliphatic heterocycles. The van der Waals surface area contributed by atoms with Crippen molar-refractivity contribution in [3.8, 4) is 5.75 Å². The Bertz CT molecular complexity index is 1270. The van der Waals surface area contributed by atoms with Crippen LogP contribution in [0.4, 0.5) is 10.1 Å². The van der Waals surface area contributed by atoms with E-state index in [2.05, 4.69) is 10.4 Å². The second-order valence-corrected chi connectivity index (χ2v) is 6.69. The lowest BCUT2D eigenvalue weighted by molar-refractivity contribution is -0.117. The molecule has 0 bridgehead atoms. The van der Waals surface area contributed by atoms with Crippen LogP contribution in [0.2, 0.25) is 0 Å². The summed E-state index contributed by atoms with van der Waals surface area (Å²) in [6, 6.07) is 20.1. The highest BCUT2D eigenvalue weighted by Gasteiger charge is 2.09. The molecule has 1 aromatic heterocycles. The van der Waals surface area contributed by atoms with Crippen LogP contribution in [-0.4, -0.2) is 15.7 Å². The average molecular weight is 403 g/mol. The highest BCUT2D eigenvalue weighted by atomic mass is 19.1. The zero-order chi connectivity index (χ0) is 20.9. The molecular weight excluding hydrogens is 385 g/mol. The normalized spacial score (nSPS) is 10.7. The molecular formula is C23H18FN3O3. The van der Waals surface area contributed by atoms with Crippen LogP contribution in [0.3, 0.4) is 0 Å². The molecule has 0 saturated carbocycles. The van der Waals surface area contributed by atoms with Crippen LogP contribution in [-0.2, 0) is 17.9 Å². The van der Waals surface area contributed by atoms with Crippen LogP contribution in [0.1, 0.15) is 5.56 Å². The van der Waals surface area contributed by atoms with E-state index in [0.717, 1.165) is 15.6 Å². The van der Waals surface area contributed by atoms with Crippen LogP contribution >= 0.6 is 0 Å². The second kappa shape index (κ2) is 8.57. The van der Waals surface area contributed by atoms with Gasteiger partial charge in [-0.05, 0) is 35.9 Å². The number of fused-ring (bicyclic) bond motifs is 1. The molecule has 30 heavy (non-hydrogen) atoms. The van der Waals surface area contributed by atoms with Crippen LogP contribution in [0, 0.1) is 5.82 Å². The largest absolute Gasteiger partial charge is 0.489 e. The van der Waals surface area contributed by atoms with Crippen molar-refractivity contribution < 1.29 is 13.9 Å². The third-order valence-corrected chi connectivity index (χ3v) is 4.47. The van der Waals surface area contributed by atoms with Gasteiger partial charge in [-0.2, -0.15) is 5.10 Å². The number of hydrogen-bond acceptors (Lipinski definition) is 4. The fourth-order valence-corrected chi connectivity index (χ4v) is 3.04. The summed E-state index contributed by atoms with van der Waals surface area (Å²) in [5.41, 5.74) is 1.05. The summed E-state index contributed by atoms with van der Waals surface area (Å²) >= 11 is 0. The zero-order valence-corrected chi connectivity index (χ0v) is 15.9. The number of aromatic nitrogens is 2. The Hall–Kier alpha value is -4.00. The second-order valence-electron chi connectivity index (χ2n) is 6.69. The Morgan fingerprint density at radius 1 is 1.03 bits per heavy atom. The van der Waals surface area contributed by atoms with Crippen LogP contribution in [0.5, 0.6) is 5.75 Å². The number of anilines is 1. The number of benzene rings is 3. The molecule has 1 amide bonds. The number of carbonyl (C=O) groups excluding carboxylic acids is 1. The van der Waals surface area contributed by atoms with Crippen molar-refractivity contribution in [2.75, 3.05) is 5.32 Å². The van der Waals surface area contributed by atoms with Gasteiger partial charge < -0.3 is 10.1 Å². The highest BCUT2D eigenvalue weighted by Crippen LogP contribution is 2.16. The summed E-state index contributed by atoms with van der Waals surface area (Å²) in [5.74, 6) is -0.319. The SMILES string of the molecule is O=C(Cn1ncc2ccccc2c1=O)Nc1cccc(COc2cccc(F)c2)c1. The number of carbonyl (C=O) groups is 1. The van der Waals surface area contributed by atoms with Crippen LogP contribution < -0.4 is 15.6 Å². The summed E-state index contributed by atoms with van der Waals surface area (Å²) in [6.07, 6.45) is 1.56. The number of nitrogens with zero attached hydrogens (tertiary/aromatic N) is 2.